The maximum Gasteiger partial charge on any atom is 0.171 e. The van der Waals surface area contributed by atoms with Gasteiger partial charge in [0.05, 0.1) is 20.0 Å². The predicted octanol–water partition coefficient (Wildman–Crippen LogP) is 3.33. The zero-order valence-electron chi connectivity index (χ0n) is 13.2. The van der Waals surface area contributed by atoms with Gasteiger partial charge < -0.3 is 9.47 Å². The van der Waals surface area contributed by atoms with E-state index in [2.05, 4.69) is 0 Å². The second-order valence-corrected chi connectivity index (χ2v) is 7.06. The van der Waals surface area contributed by atoms with E-state index in [9.17, 15) is 8.42 Å². The Hall–Kier alpha value is -2.27. The molecular formula is C18H20O4S. The molecule has 122 valence electrons. The molecule has 0 saturated carbocycles. The second-order valence-electron chi connectivity index (χ2n) is 5.05. The fraction of sp³-hybridized carbons (Fsp3) is 0.222. The largest absolute Gasteiger partial charge is 0.497 e. The van der Waals surface area contributed by atoms with Crippen molar-refractivity contribution in [1.82, 2.24) is 0 Å². The standard InChI is InChI=1S/C18H20O4S/c1-21-17-12-16(13-18(14-17)22-2)9-11-23(19,20)10-8-15-6-4-3-5-7-15/h3-7,9,11-14H,8,10H2,1-2H3/b11-9+. The quantitative estimate of drug-likeness (QED) is 0.780. The number of aryl methyl sites for hydroxylation is 1. The number of hydrogen-bond donors (Lipinski definition) is 0. The third-order valence-electron chi connectivity index (χ3n) is 3.36. The van der Waals surface area contributed by atoms with Crippen LogP contribution in [0, 0.1) is 0 Å². The summed E-state index contributed by atoms with van der Waals surface area (Å²) in [6.45, 7) is 0. The van der Waals surface area contributed by atoms with Crippen LogP contribution in [0.25, 0.3) is 6.08 Å². The Morgan fingerprint density at radius 3 is 2.13 bits per heavy atom. The molecule has 4 nitrogen and oxygen atoms in total. The van der Waals surface area contributed by atoms with Gasteiger partial charge >= 0.3 is 0 Å². The first-order valence-electron chi connectivity index (χ1n) is 7.20. The van der Waals surface area contributed by atoms with Crippen molar-refractivity contribution in [3.05, 3.63) is 65.1 Å². The van der Waals surface area contributed by atoms with E-state index in [1.807, 2.05) is 30.3 Å². The number of rotatable bonds is 7. The van der Waals surface area contributed by atoms with E-state index in [1.165, 1.54) is 5.41 Å². The van der Waals surface area contributed by atoms with Crippen molar-refractivity contribution >= 4 is 15.9 Å². The summed E-state index contributed by atoms with van der Waals surface area (Å²) >= 11 is 0. The number of hydrogen-bond acceptors (Lipinski definition) is 4. The van der Waals surface area contributed by atoms with E-state index in [-0.39, 0.29) is 5.75 Å². The Balaban J connectivity index is 2.09. The van der Waals surface area contributed by atoms with E-state index in [1.54, 1.807) is 38.5 Å². The molecule has 2 rings (SSSR count). The van der Waals surface area contributed by atoms with Gasteiger partial charge in [0, 0.05) is 11.5 Å². The smallest absolute Gasteiger partial charge is 0.171 e. The molecule has 0 atom stereocenters. The third kappa shape index (κ3) is 5.45. The summed E-state index contributed by atoms with van der Waals surface area (Å²) in [5.41, 5.74) is 1.72. The van der Waals surface area contributed by atoms with Gasteiger partial charge in [0.2, 0.25) is 0 Å². The molecule has 23 heavy (non-hydrogen) atoms. The summed E-state index contributed by atoms with van der Waals surface area (Å²) in [6.07, 6.45) is 2.06. The van der Waals surface area contributed by atoms with Gasteiger partial charge in [0.15, 0.2) is 9.84 Å². The van der Waals surface area contributed by atoms with E-state index in [4.69, 9.17) is 9.47 Å². The molecular weight excluding hydrogens is 312 g/mol. The Morgan fingerprint density at radius 2 is 1.57 bits per heavy atom. The van der Waals surface area contributed by atoms with Crippen molar-refractivity contribution in [2.24, 2.45) is 0 Å². The van der Waals surface area contributed by atoms with E-state index >= 15 is 0 Å². The van der Waals surface area contributed by atoms with Crippen molar-refractivity contribution in [2.45, 2.75) is 6.42 Å². The molecule has 0 spiro atoms. The fourth-order valence-corrected chi connectivity index (χ4v) is 3.10. The minimum absolute atomic E-state index is 0.0780. The van der Waals surface area contributed by atoms with Gasteiger partial charge in [-0.25, -0.2) is 8.42 Å². The van der Waals surface area contributed by atoms with Crippen LogP contribution < -0.4 is 9.47 Å². The summed E-state index contributed by atoms with van der Waals surface area (Å²) < 4.78 is 34.6. The van der Waals surface area contributed by atoms with Gasteiger partial charge in [-0.05, 0) is 35.8 Å². The molecule has 0 radical (unpaired) electrons. The van der Waals surface area contributed by atoms with E-state index < -0.39 is 9.84 Å². The van der Waals surface area contributed by atoms with Gasteiger partial charge in [0.25, 0.3) is 0 Å². The van der Waals surface area contributed by atoms with Crippen molar-refractivity contribution in [1.29, 1.82) is 0 Å². The average molecular weight is 332 g/mol. The van der Waals surface area contributed by atoms with E-state index in [0.717, 1.165) is 5.56 Å². The van der Waals surface area contributed by atoms with Crippen LogP contribution in [0.15, 0.2) is 53.9 Å². The van der Waals surface area contributed by atoms with Gasteiger partial charge in [-0.1, -0.05) is 30.3 Å². The first-order chi connectivity index (χ1) is 11.0. The van der Waals surface area contributed by atoms with Crippen LogP contribution >= 0.6 is 0 Å². The zero-order chi connectivity index (χ0) is 16.7. The molecule has 2 aromatic carbocycles. The van der Waals surface area contributed by atoms with Crippen LogP contribution in [-0.4, -0.2) is 28.4 Å². The topological polar surface area (TPSA) is 52.6 Å². The first kappa shape index (κ1) is 17.1. The lowest BCUT2D eigenvalue weighted by atomic mass is 10.2. The molecule has 2 aromatic rings. The highest BCUT2D eigenvalue weighted by atomic mass is 32.2. The van der Waals surface area contributed by atoms with E-state index in [0.29, 0.717) is 23.5 Å². The lowest BCUT2D eigenvalue weighted by Gasteiger charge is -2.06. The summed E-state index contributed by atoms with van der Waals surface area (Å²) in [5.74, 6) is 1.31. The van der Waals surface area contributed by atoms with Crippen LogP contribution in [0.1, 0.15) is 11.1 Å². The Bertz CT molecular complexity index is 743. The number of methoxy groups -OCH3 is 2. The van der Waals surface area contributed by atoms with Crippen LogP contribution in [0.3, 0.4) is 0 Å². The molecule has 0 heterocycles. The highest BCUT2D eigenvalue weighted by Crippen LogP contribution is 2.23. The molecule has 0 aromatic heterocycles. The molecule has 0 saturated heterocycles. The molecule has 0 bridgehead atoms. The highest BCUT2D eigenvalue weighted by molar-refractivity contribution is 7.94. The van der Waals surface area contributed by atoms with Gasteiger partial charge in [-0.2, -0.15) is 0 Å². The lowest BCUT2D eigenvalue weighted by molar-refractivity contribution is 0.394. The summed E-state index contributed by atoms with van der Waals surface area (Å²) in [6, 6.07) is 14.8. The van der Waals surface area contributed by atoms with Gasteiger partial charge in [-0.3, -0.25) is 0 Å². The number of benzene rings is 2. The van der Waals surface area contributed by atoms with Crippen LogP contribution in [0.4, 0.5) is 0 Å². The monoisotopic (exact) mass is 332 g/mol. The van der Waals surface area contributed by atoms with Crippen molar-refractivity contribution in [3.63, 3.8) is 0 Å². The highest BCUT2D eigenvalue weighted by Gasteiger charge is 2.07. The molecule has 0 aliphatic heterocycles. The fourth-order valence-electron chi connectivity index (χ4n) is 2.08. The van der Waals surface area contributed by atoms with Crippen molar-refractivity contribution < 1.29 is 17.9 Å². The number of ether oxygens (including phenoxy) is 2. The SMILES string of the molecule is COc1cc(/C=C/S(=O)(=O)CCc2ccccc2)cc(OC)c1. The molecule has 0 N–H and O–H groups in total. The normalized spacial score (nSPS) is 11.6. The van der Waals surface area contributed by atoms with Gasteiger partial charge in [-0.15, -0.1) is 0 Å². The van der Waals surface area contributed by atoms with Gasteiger partial charge in [0.1, 0.15) is 11.5 Å². The molecule has 5 heteroatoms. The lowest BCUT2D eigenvalue weighted by Crippen LogP contribution is -2.05. The molecule has 0 aliphatic rings. The van der Waals surface area contributed by atoms with Crippen molar-refractivity contribution in [2.75, 3.05) is 20.0 Å². The number of sulfone groups is 1. The van der Waals surface area contributed by atoms with Crippen LogP contribution in [0.2, 0.25) is 0 Å². The molecule has 0 unspecified atom stereocenters. The summed E-state index contributed by atoms with van der Waals surface area (Å²) in [7, 11) is -0.170. The Labute approximate surface area is 137 Å². The first-order valence-corrected chi connectivity index (χ1v) is 8.92. The van der Waals surface area contributed by atoms with Crippen LogP contribution in [-0.2, 0) is 16.3 Å². The van der Waals surface area contributed by atoms with Crippen LogP contribution in [0.5, 0.6) is 11.5 Å². The Kier molecular flexibility index (Phi) is 5.82. The summed E-state index contributed by atoms with van der Waals surface area (Å²) in [4.78, 5) is 0. The maximum atomic E-state index is 12.1. The zero-order valence-corrected chi connectivity index (χ0v) is 14.0. The minimum Gasteiger partial charge on any atom is -0.497 e. The third-order valence-corrected chi connectivity index (χ3v) is 4.68. The van der Waals surface area contributed by atoms with Crippen molar-refractivity contribution in [3.8, 4) is 11.5 Å². The summed E-state index contributed by atoms with van der Waals surface area (Å²) in [5, 5.41) is 1.24. The molecule has 0 amide bonds. The maximum absolute atomic E-state index is 12.1. The predicted molar refractivity (Wildman–Crippen MR) is 92.5 cm³/mol. The molecule has 0 aliphatic carbocycles. The molecule has 0 fully saturated rings. The average Bonchev–Trinajstić information content (AvgIpc) is 2.59. The minimum atomic E-state index is -3.28. The Morgan fingerprint density at radius 1 is 0.957 bits per heavy atom. The second kappa shape index (κ2) is 7.83.